The number of benzene rings is 2. The average molecular weight is 275 g/mol. The maximum atomic E-state index is 5.70. The van der Waals surface area contributed by atoms with E-state index < -0.39 is 0 Å². The summed E-state index contributed by atoms with van der Waals surface area (Å²) < 4.78 is 12.4. The quantitative estimate of drug-likeness (QED) is 0.745. The van der Waals surface area contributed by atoms with E-state index in [4.69, 9.17) is 9.31 Å². The molecule has 1 heterocycles. The van der Waals surface area contributed by atoms with Crippen LogP contribution in [0.3, 0.4) is 0 Å². The van der Waals surface area contributed by atoms with Crippen molar-refractivity contribution in [2.45, 2.75) is 0 Å². The van der Waals surface area contributed by atoms with Crippen LogP contribution in [0, 0.1) is 0 Å². The van der Waals surface area contributed by atoms with Gasteiger partial charge in [0, 0.05) is 9.94 Å². The minimum Gasteiger partial charge on any atom is -0.519 e. The summed E-state index contributed by atoms with van der Waals surface area (Å²) in [6.07, 6.45) is 0. The van der Waals surface area contributed by atoms with Crippen LogP contribution in [0.5, 0.6) is 11.5 Å². The Labute approximate surface area is 102 Å². The highest BCUT2D eigenvalue weighted by Crippen LogP contribution is 2.32. The Hall–Kier alpha value is -1.42. The molecule has 0 unspecified atom stereocenters. The van der Waals surface area contributed by atoms with Crippen LogP contribution in [0.25, 0.3) is 0 Å². The summed E-state index contributed by atoms with van der Waals surface area (Å²) in [6, 6.07) is 15.6. The van der Waals surface area contributed by atoms with E-state index in [0.717, 1.165) is 21.4 Å². The predicted molar refractivity (Wildman–Crippen MR) is 67.2 cm³/mol. The third-order valence-electron chi connectivity index (χ3n) is 2.46. The molecule has 0 aliphatic carbocycles. The highest BCUT2D eigenvalue weighted by Gasteiger charge is 2.33. The zero-order chi connectivity index (χ0) is 11.0. The second-order valence-electron chi connectivity index (χ2n) is 3.57. The van der Waals surface area contributed by atoms with Gasteiger partial charge < -0.3 is 9.31 Å². The Bertz CT molecular complexity index is 488. The molecule has 2 nitrogen and oxygen atoms in total. The fourth-order valence-corrected chi connectivity index (χ4v) is 1.92. The molecule has 0 fully saturated rings. The van der Waals surface area contributed by atoms with Gasteiger partial charge in [-0.05, 0) is 24.3 Å². The van der Waals surface area contributed by atoms with E-state index in [9.17, 15) is 0 Å². The van der Waals surface area contributed by atoms with E-state index in [-0.39, 0.29) is 7.12 Å². The van der Waals surface area contributed by atoms with Gasteiger partial charge in [-0.25, -0.2) is 0 Å². The first-order valence-corrected chi connectivity index (χ1v) is 5.80. The third-order valence-corrected chi connectivity index (χ3v) is 2.99. The molecule has 2 aromatic carbocycles. The highest BCUT2D eigenvalue weighted by molar-refractivity contribution is 9.10. The molecule has 0 atom stereocenters. The molecule has 0 aromatic heterocycles. The molecule has 0 spiro atoms. The van der Waals surface area contributed by atoms with Gasteiger partial charge in [-0.15, -0.1) is 0 Å². The van der Waals surface area contributed by atoms with E-state index in [2.05, 4.69) is 15.9 Å². The largest absolute Gasteiger partial charge is 0.632 e. The molecule has 0 bridgehead atoms. The van der Waals surface area contributed by atoms with Crippen LogP contribution in [0.1, 0.15) is 0 Å². The highest BCUT2D eigenvalue weighted by atomic mass is 79.9. The van der Waals surface area contributed by atoms with Crippen molar-refractivity contribution in [1.29, 1.82) is 0 Å². The Kier molecular flexibility index (Phi) is 2.37. The number of fused-ring (bicyclic) bond motifs is 1. The van der Waals surface area contributed by atoms with Crippen molar-refractivity contribution in [3.8, 4) is 11.5 Å². The van der Waals surface area contributed by atoms with Gasteiger partial charge in [-0.1, -0.05) is 40.2 Å². The lowest BCUT2D eigenvalue weighted by Gasteiger charge is -2.04. The Morgan fingerprint density at radius 3 is 1.94 bits per heavy atom. The summed E-state index contributed by atoms with van der Waals surface area (Å²) >= 11 is 3.40. The van der Waals surface area contributed by atoms with E-state index in [0.29, 0.717) is 0 Å². The third kappa shape index (κ3) is 1.69. The fraction of sp³-hybridized carbons (Fsp3) is 0. The maximum Gasteiger partial charge on any atom is 0.632 e. The molecule has 4 heteroatoms. The van der Waals surface area contributed by atoms with Crippen LogP contribution in [-0.2, 0) is 0 Å². The summed E-state index contributed by atoms with van der Waals surface area (Å²) in [4.78, 5) is 0. The molecule has 0 saturated carbocycles. The Morgan fingerprint density at radius 1 is 0.812 bits per heavy atom. The molecule has 2 aromatic rings. The summed E-state index contributed by atoms with van der Waals surface area (Å²) in [5.41, 5.74) is 1.01. The van der Waals surface area contributed by atoms with Crippen molar-refractivity contribution >= 4 is 28.5 Å². The lowest BCUT2D eigenvalue weighted by atomic mass is 9.79. The topological polar surface area (TPSA) is 18.5 Å². The molecule has 1 aliphatic heterocycles. The van der Waals surface area contributed by atoms with Gasteiger partial charge >= 0.3 is 7.12 Å². The van der Waals surface area contributed by atoms with Crippen molar-refractivity contribution in [3.63, 3.8) is 0 Å². The van der Waals surface area contributed by atoms with E-state index >= 15 is 0 Å². The van der Waals surface area contributed by atoms with Gasteiger partial charge in [0.15, 0.2) is 0 Å². The SMILES string of the molecule is Brc1ccc(B2Oc3ccccc3O2)cc1. The molecule has 16 heavy (non-hydrogen) atoms. The lowest BCUT2D eigenvalue weighted by molar-refractivity contribution is 0.519. The number of hydrogen-bond donors (Lipinski definition) is 0. The lowest BCUT2D eigenvalue weighted by Crippen LogP contribution is -2.38. The van der Waals surface area contributed by atoms with Crippen LogP contribution < -0.4 is 14.8 Å². The zero-order valence-electron chi connectivity index (χ0n) is 8.39. The van der Waals surface area contributed by atoms with Crippen molar-refractivity contribution in [2.24, 2.45) is 0 Å². The fourth-order valence-electron chi connectivity index (χ4n) is 1.66. The van der Waals surface area contributed by atoms with Crippen LogP contribution in [-0.4, -0.2) is 7.12 Å². The molecular formula is C12H8BBrO2. The molecule has 3 rings (SSSR count). The first-order chi connectivity index (χ1) is 7.83. The molecule has 78 valence electrons. The predicted octanol–water partition coefficient (Wildman–Crippen LogP) is 2.62. The van der Waals surface area contributed by atoms with Gasteiger partial charge in [0.2, 0.25) is 0 Å². The number of halogens is 1. The van der Waals surface area contributed by atoms with Crippen LogP contribution in [0.2, 0.25) is 0 Å². The van der Waals surface area contributed by atoms with Crippen molar-refractivity contribution in [1.82, 2.24) is 0 Å². The molecule has 0 radical (unpaired) electrons. The van der Waals surface area contributed by atoms with Crippen LogP contribution in [0.15, 0.2) is 53.0 Å². The molecule has 0 N–H and O–H groups in total. The van der Waals surface area contributed by atoms with Gasteiger partial charge in [0.25, 0.3) is 0 Å². The number of hydrogen-bond acceptors (Lipinski definition) is 2. The standard InChI is InChI=1S/C12H8BBrO2/c14-10-7-5-9(6-8-10)13-15-11-3-1-2-4-12(11)16-13/h1-8H. The molecular weight excluding hydrogens is 267 g/mol. The maximum absolute atomic E-state index is 5.70. The minimum absolute atomic E-state index is 0.328. The summed E-state index contributed by atoms with van der Waals surface area (Å²) in [6.45, 7) is 0. The van der Waals surface area contributed by atoms with E-state index in [1.165, 1.54) is 0 Å². The monoisotopic (exact) mass is 274 g/mol. The van der Waals surface area contributed by atoms with Gasteiger partial charge in [-0.2, -0.15) is 0 Å². The van der Waals surface area contributed by atoms with Gasteiger partial charge in [0.05, 0.1) is 0 Å². The van der Waals surface area contributed by atoms with Gasteiger partial charge in [-0.3, -0.25) is 0 Å². The second kappa shape index (κ2) is 3.87. The number of para-hydroxylation sites is 2. The first-order valence-electron chi connectivity index (χ1n) is 5.01. The molecule has 0 saturated heterocycles. The van der Waals surface area contributed by atoms with E-state index in [1.54, 1.807) is 0 Å². The van der Waals surface area contributed by atoms with Gasteiger partial charge in [0.1, 0.15) is 11.5 Å². The minimum atomic E-state index is -0.328. The Balaban J connectivity index is 1.88. The number of rotatable bonds is 1. The molecule has 0 amide bonds. The second-order valence-corrected chi connectivity index (χ2v) is 4.48. The average Bonchev–Trinajstić information content (AvgIpc) is 2.73. The smallest absolute Gasteiger partial charge is 0.519 e. The summed E-state index contributed by atoms with van der Waals surface area (Å²) in [5, 5.41) is 0. The van der Waals surface area contributed by atoms with Crippen LogP contribution >= 0.6 is 15.9 Å². The summed E-state index contributed by atoms with van der Waals surface area (Å²) in [5.74, 6) is 1.60. The van der Waals surface area contributed by atoms with Crippen molar-refractivity contribution in [3.05, 3.63) is 53.0 Å². The van der Waals surface area contributed by atoms with Crippen molar-refractivity contribution < 1.29 is 9.31 Å². The Morgan fingerprint density at radius 2 is 1.38 bits per heavy atom. The van der Waals surface area contributed by atoms with Crippen molar-refractivity contribution in [2.75, 3.05) is 0 Å². The zero-order valence-corrected chi connectivity index (χ0v) is 9.98. The normalized spacial score (nSPS) is 12.9. The first kappa shape index (κ1) is 9.79. The summed E-state index contributed by atoms with van der Waals surface area (Å²) in [7, 11) is -0.328. The molecule has 1 aliphatic rings. The van der Waals surface area contributed by atoms with E-state index in [1.807, 2.05) is 48.5 Å². The van der Waals surface area contributed by atoms with Crippen LogP contribution in [0.4, 0.5) is 0 Å².